The van der Waals surface area contributed by atoms with Crippen LogP contribution in [-0.4, -0.2) is 37.1 Å². The molecule has 0 radical (unpaired) electrons. The van der Waals surface area contributed by atoms with E-state index in [-0.39, 0.29) is 36.5 Å². The summed E-state index contributed by atoms with van der Waals surface area (Å²) in [4.78, 5) is 28.1. The average molecular weight is 423 g/mol. The third kappa shape index (κ3) is 5.62. The SMILES string of the molecule is COc1cc(C(F)(F)F)ccc1OCCNC(=O)c1ccnc(NC(=O)C2CC2)c1. The smallest absolute Gasteiger partial charge is 0.416 e. The van der Waals surface area contributed by atoms with Gasteiger partial charge in [0.1, 0.15) is 12.4 Å². The lowest BCUT2D eigenvalue weighted by Crippen LogP contribution is -2.28. The van der Waals surface area contributed by atoms with Crippen molar-refractivity contribution < 1.29 is 32.2 Å². The van der Waals surface area contributed by atoms with Gasteiger partial charge >= 0.3 is 6.18 Å². The molecule has 7 nitrogen and oxygen atoms in total. The molecule has 0 unspecified atom stereocenters. The van der Waals surface area contributed by atoms with Crippen LogP contribution in [0.3, 0.4) is 0 Å². The van der Waals surface area contributed by atoms with Gasteiger partial charge in [-0.15, -0.1) is 0 Å². The maximum Gasteiger partial charge on any atom is 0.416 e. The van der Waals surface area contributed by atoms with E-state index < -0.39 is 17.6 Å². The van der Waals surface area contributed by atoms with Crippen molar-refractivity contribution in [2.45, 2.75) is 19.0 Å². The van der Waals surface area contributed by atoms with Crippen LogP contribution in [-0.2, 0) is 11.0 Å². The number of alkyl halides is 3. The second-order valence-electron chi connectivity index (χ2n) is 6.66. The van der Waals surface area contributed by atoms with Crippen LogP contribution < -0.4 is 20.1 Å². The van der Waals surface area contributed by atoms with E-state index in [1.807, 2.05) is 0 Å². The molecule has 0 saturated heterocycles. The normalized spacial score (nSPS) is 13.5. The van der Waals surface area contributed by atoms with Gasteiger partial charge in [-0.05, 0) is 43.2 Å². The van der Waals surface area contributed by atoms with Crippen molar-refractivity contribution in [3.8, 4) is 11.5 Å². The highest BCUT2D eigenvalue weighted by atomic mass is 19.4. The van der Waals surface area contributed by atoms with Crippen molar-refractivity contribution >= 4 is 17.6 Å². The number of benzene rings is 1. The van der Waals surface area contributed by atoms with Gasteiger partial charge in [-0.25, -0.2) is 4.98 Å². The van der Waals surface area contributed by atoms with Gasteiger partial charge in [0.25, 0.3) is 5.91 Å². The number of hydrogen-bond donors (Lipinski definition) is 2. The first-order chi connectivity index (χ1) is 14.3. The highest BCUT2D eigenvalue weighted by Crippen LogP contribution is 2.36. The Labute approximate surface area is 170 Å². The standard InChI is InChI=1S/C20H20F3N3O4/c1-29-16-11-14(20(21,22)23)4-5-15(16)30-9-8-25-18(27)13-6-7-24-17(10-13)26-19(28)12-2-3-12/h4-7,10-12H,2-3,8-9H2,1H3,(H,25,27)(H,24,26,28). The predicted octanol–water partition coefficient (Wildman–Crippen LogP) is 3.27. The van der Waals surface area contributed by atoms with Crippen molar-refractivity contribution in [1.29, 1.82) is 0 Å². The number of halogens is 3. The fraction of sp³-hybridized carbons (Fsp3) is 0.350. The number of anilines is 1. The van der Waals surface area contributed by atoms with Gasteiger partial charge in [0.15, 0.2) is 11.5 Å². The summed E-state index contributed by atoms with van der Waals surface area (Å²) in [5.41, 5.74) is -0.537. The summed E-state index contributed by atoms with van der Waals surface area (Å²) in [5.74, 6) is -0.120. The minimum absolute atomic E-state index is 0.0172. The lowest BCUT2D eigenvalue weighted by Gasteiger charge is -2.14. The first kappa shape index (κ1) is 21.4. The Hall–Kier alpha value is -3.30. The van der Waals surface area contributed by atoms with Gasteiger partial charge in [-0.3, -0.25) is 9.59 Å². The fourth-order valence-electron chi connectivity index (χ4n) is 2.60. The van der Waals surface area contributed by atoms with Crippen molar-refractivity contribution in [1.82, 2.24) is 10.3 Å². The summed E-state index contributed by atoms with van der Waals surface area (Å²) in [6.07, 6.45) is -1.35. The van der Waals surface area contributed by atoms with E-state index in [0.29, 0.717) is 11.4 Å². The van der Waals surface area contributed by atoms with Crippen molar-refractivity contribution in [3.05, 3.63) is 47.7 Å². The molecule has 160 valence electrons. The molecule has 2 N–H and O–H groups in total. The van der Waals surface area contributed by atoms with E-state index in [1.165, 1.54) is 31.5 Å². The summed E-state index contributed by atoms with van der Waals surface area (Å²) in [5, 5.41) is 5.30. The second-order valence-corrected chi connectivity index (χ2v) is 6.66. The molecule has 3 rings (SSSR count). The van der Waals surface area contributed by atoms with Crippen LogP contribution in [0.4, 0.5) is 19.0 Å². The molecule has 2 aromatic rings. The number of methoxy groups -OCH3 is 1. The van der Waals surface area contributed by atoms with Gasteiger partial charge in [-0.1, -0.05) is 0 Å². The summed E-state index contributed by atoms with van der Waals surface area (Å²) >= 11 is 0. The number of pyridine rings is 1. The van der Waals surface area contributed by atoms with Gasteiger partial charge in [0.2, 0.25) is 5.91 Å². The minimum atomic E-state index is -4.48. The van der Waals surface area contributed by atoms with Gasteiger partial charge in [-0.2, -0.15) is 13.2 Å². The first-order valence-corrected chi connectivity index (χ1v) is 9.21. The second kappa shape index (κ2) is 9.02. The largest absolute Gasteiger partial charge is 0.493 e. The fourth-order valence-corrected chi connectivity index (χ4v) is 2.60. The van der Waals surface area contributed by atoms with E-state index in [4.69, 9.17) is 9.47 Å². The topological polar surface area (TPSA) is 89.6 Å². The third-order valence-electron chi connectivity index (χ3n) is 4.36. The minimum Gasteiger partial charge on any atom is -0.493 e. The molecule has 2 amide bonds. The lowest BCUT2D eigenvalue weighted by atomic mass is 10.2. The number of aromatic nitrogens is 1. The van der Waals surface area contributed by atoms with E-state index in [9.17, 15) is 22.8 Å². The molecule has 1 saturated carbocycles. The van der Waals surface area contributed by atoms with E-state index in [1.54, 1.807) is 0 Å². The molecule has 0 bridgehead atoms. The Morgan fingerprint density at radius 1 is 1.17 bits per heavy atom. The zero-order valence-corrected chi connectivity index (χ0v) is 16.1. The van der Waals surface area contributed by atoms with Crippen LogP contribution in [0.5, 0.6) is 11.5 Å². The lowest BCUT2D eigenvalue weighted by molar-refractivity contribution is -0.137. The number of nitrogens with zero attached hydrogens (tertiary/aromatic N) is 1. The quantitative estimate of drug-likeness (QED) is 0.637. The third-order valence-corrected chi connectivity index (χ3v) is 4.36. The molecule has 1 fully saturated rings. The summed E-state index contributed by atoms with van der Waals surface area (Å²) in [6, 6.07) is 5.88. The van der Waals surface area contributed by atoms with Crippen LogP contribution in [0, 0.1) is 5.92 Å². The van der Waals surface area contributed by atoms with Crippen LogP contribution in [0.2, 0.25) is 0 Å². The van der Waals surface area contributed by atoms with Gasteiger partial charge in [0.05, 0.1) is 19.2 Å². The number of rotatable bonds is 8. The Morgan fingerprint density at radius 2 is 1.93 bits per heavy atom. The van der Waals surface area contributed by atoms with Gasteiger partial charge < -0.3 is 20.1 Å². The first-order valence-electron chi connectivity index (χ1n) is 9.21. The van der Waals surface area contributed by atoms with Crippen molar-refractivity contribution in [2.24, 2.45) is 5.92 Å². The molecule has 0 spiro atoms. The molecule has 1 aliphatic rings. The number of carbonyl (C=O) groups excluding carboxylic acids is 2. The summed E-state index contributed by atoms with van der Waals surface area (Å²) in [7, 11) is 1.24. The predicted molar refractivity (Wildman–Crippen MR) is 101 cm³/mol. The molecule has 30 heavy (non-hydrogen) atoms. The molecular weight excluding hydrogens is 403 g/mol. The zero-order chi connectivity index (χ0) is 21.7. The zero-order valence-electron chi connectivity index (χ0n) is 16.1. The van der Waals surface area contributed by atoms with E-state index in [2.05, 4.69) is 15.6 Å². The molecule has 0 atom stereocenters. The summed E-state index contributed by atoms with van der Waals surface area (Å²) < 4.78 is 48.6. The number of amides is 2. The highest BCUT2D eigenvalue weighted by molar-refractivity contribution is 5.97. The van der Waals surface area contributed by atoms with E-state index in [0.717, 1.165) is 25.0 Å². The monoisotopic (exact) mass is 423 g/mol. The van der Waals surface area contributed by atoms with Crippen molar-refractivity contribution in [2.75, 3.05) is 25.6 Å². The molecule has 1 heterocycles. The Bertz CT molecular complexity index is 930. The summed E-state index contributed by atoms with van der Waals surface area (Å²) in [6.45, 7) is 0.124. The Balaban J connectivity index is 1.51. The van der Waals surface area contributed by atoms with Crippen LogP contribution in [0.25, 0.3) is 0 Å². The van der Waals surface area contributed by atoms with Crippen LogP contribution in [0.15, 0.2) is 36.5 Å². The average Bonchev–Trinajstić information content (AvgIpc) is 3.56. The van der Waals surface area contributed by atoms with E-state index >= 15 is 0 Å². The highest BCUT2D eigenvalue weighted by Gasteiger charge is 2.31. The molecule has 1 aromatic carbocycles. The maximum atomic E-state index is 12.8. The van der Waals surface area contributed by atoms with Crippen LogP contribution in [0.1, 0.15) is 28.8 Å². The number of ether oxygens (including phenoxy) is 2. The molecule has 0 aliphatic heterocycles. The number of hydrogen-bond acceptors (Lipinski definition) is 5. The number of nitrogens with one attached hydrogen (secondary N) is 2. The molecule has 10 heteroatoms. The molecular formula is C20H20F3N3O4. The number of carbonyl (C=O) groups is 2. The van der Waals surface area contributed by atoms with Crippen LogP contribution >= 0.6 is 0 Å². The maximum absolute atomic E-state index is 12.8. The Morgan fingerprint density at radius 3 is 2.60 bits per heavy atom. The Kier molecular flexibility index (Phi) is 6.43. The molecule has 1 aromatic heterocycles. The molecule has 1 aliphatic carbocycles. The van der Waals surface area contributed by atoms with Gasteiger partial charge in [0, 0.05) is 17.7 Å². The van der Waals surface area contributed by atoms with Crippen molar-refractivity contribution in [3.63, 3.8) is 0 Å².